The van der Waals surface area contributed by atoms with Gasteiger partial charge in [-0.1, -0.05) is 12.8 Å². The maximum absolute atomic E-state index is 11.7. The predicted molar refractivity (Wildman–Crippen MR) is 69.5 cm³/mol. The van der Waals surface area contributed by atoms with Gasteiger partial charge in [-0.25, -0.2) is 0 Å². The number of nitrogen functional groups attached to an aromatic ring is 1. The maximum atomic E-state index is 11.7. The van der Waals surface area contributed by atoms with Gasteiger partial charge in [0.2, 0.25) is 0 Å². The van der Waals surface area contributed by atoms with Crippen LogP contribution in [0.1, 0.15) is 37.7 Å². The zero-order valence-electron chi connectivity index (χ0n) is 10.2. The van der Waals surface area contributed by atoms with Crippen LogP contribution in [0.25, 0.3) is 0 Å². The Balaban J connectivity index is 2.23. The third-order valence-electron chi connectivity index (χ3n) is 2.74. The second-order valence-corrected chi connectivity index (χ2v) is 4.24. The van der Waals surface area contributed by atoms with E-state index >= 15 is 0 Å². The van der Waals surface area contributed by atoms with Crippen LogP contribution in [0.15, 0.2) is 18.5 Å². The number of Topliss-reactive ketones (excluding diaryl/α,β-unsaturated/α-hetero) is 1. The number of carbonyl (C=O) groups is 1. The molecule has 0 radical (unpaired) electrons. The smallest absolute Gasteiger partial charge is 0.137 e. The van der Waals surface area contributed by atoms with E-state index in [4.69, 9.17) is 11.5 Å². The van der Waals surface area contributed by atoms with Crippen molar-refractivity contribution in [1.29, 1.82) is 0 Å². The van der Waals surface area contributed by atoms with Crippen LogP contribution < -0.4 is 11.5 Å². The first-order chi connectivity index (χ1) is 8.24. The van der Waals surface area contributed by atoms with Crippen molar-refractivity contribution in [3.63, 3.8) is 0 Å². The van der Waals surface area contributed by atoms with Crippen LogP contribution in [-0.2, 0) is 11.2 Å². The fourth-order valence-corrected chi connectivity index (χ4v) is 1.71. The van der Waals surface area contributed by atoms with Crippen molar-refractivity contribution in [3.05, 3.63) is 24.0 Å². The summed E-state index contributed by atoms with van der Waals surface area (Å²) >= 11 is 0. The number of ketones is 1. The number of hydrogen-bond acceptors (Lipinski definition) is 4. The van der Waals surface area contributed by atoms with Crippen LogP contribution in [0.5, 0.6) is 0 Å². The van der Waals surface area contributed by atoms with Gasteiger partial charge in [-0.3, -0.25) is 9.78 Å². The topological polar surface area (TPSA) is 82.0 Å². The third kappa shape index (κ3) is 5.45. The molecule has 0 aliphatic rings. The molecular weight excluding hydrogens is 214 g/mol. The van der Waals surface area contributed by atoms with Gasteiger partial charge in [-0.2, -0.15) is 0 Å². The molecule has 0 saturated heterocycles. The van der Waals surface area contributed by atoms with Crippen LogP contribution in [-0.4, -0.2) is 17.3 Å². The molecule has 0 amide bonds. The van der Waals surface area contributed by atoms with Crippen molar-refractivity contribution >= 4 is 11.5 Å². The highest BCUT2D eigenvalue weighted by Gasteiger charge is 2.06. The Hall–Kier alpha value is -1.42. The van der Waals surface area contributed by atoms with Crippen LogP contribution >= 0.6 is 0 Å². The molecule has 1 heterocycles. The summed E-state index contributed by atoms with van der Waals surface area (Å²) in [7, 11) is 0. The molecule has 0 aromatic carbocycles. The summed E-state index contributed by atoms with van der Waals surface area (Å²) in [4.78, 5) is 15.7. The first-order valence-corrected chi connectivity index (χ1v) is 6.14. The standard InChI is InChI=1S/C13H21N3O/c14-7-4-2-1-3-5-12(17)9-11-10-16-8-6-13(11)15/h6,8,10H,1-5,7,9,14H2,(H2,15,16). The van der Waals surface area contributed by atoms with Crippen molar-refractivity contribution in [2.75, 3.05) is 12.3 Å². The average Bonchev–Trinajstić information content (AvgIpc) is 2.32. The Kier molecular flexibility index (Phi) is 6.25. The van der Waals surface area contributed by atoms with Crippen LogP contribution in [0.3, 0.4) is 0 Å². The second kappa shape index (κ2) is 7.79. The Morgan fingerprint density at radius 3 is 2.71 bits per heavy atom. The summed E-state index contributed by atoms with van der Waals surface area (Å²) < 4.78 is 0. The molecule has 0 atom stereocenters. The first-order valence-electron chi connectivity index (χ1n) is 6.14. The molecule has 4 nitrogen and oxygen atoms in total. The molecule has 1 aromatic rings. The summed E-state index contributed by atoms with van der Waals surface area (Å²) in [6.07, 6.45) is 8.50. The molecule has 0 saturated carbocycles. The highest BCUT2D eigenvalue weighted by Crippen LogP contribution is 2.12. The summed E-state index contributed by atoms with van der Waals surface area (Å²) in [5.41, 5.74) is 12.6. The van der Waals surface area contributed by atoms with Gasteiger partial charge in [-0.15, -0.1) is 0 Å². The number of nitrogens with zero attached hydrogens (tertiary/aromatic N) is 1. The minimum absolute atomic E-state index is 0.234. The fourth-order valence-electron chi connectivity index (χ4n) is 1.71. The molecule has 17 heavy (non-hydrogen) atoms. The van der Waals surface area contributed by atoms with Crippen LogP contribution in [0.2, 0.25) is 0 Å². The van der Waals surface area contributed by atoms with Gasteiger partial charge < -0.3 is 11.5 Å². The summed E-state index contributed by atoms with van der Waals surface area (Å²) in [6.45, 7) is 0.736. The van der Waals surface area contributed by atoms with Crippen molar-refractivity contribution in [2.45, 2.75) is 38.5 Å². The Bertz CT molecular complexity index is 352. The molecule has 0 unspecified atom stereocenters. The summed E-state index contributed by atoms with van der Waals surface area (Å²) in [5.74, 6) is 0.234. The van der Waals surface area contributed by atoms with E-state index in [0.717, 1.165) is 37.8 Å². The number of unbranched alkanes of at least 4 members (excludes halogenated alkanes) is 3. The molecule has 1 rings (SSSR count). The maximum Gasteiger partial charge on any atom is 0.137 e. The molecule has 0 spiro atoms. The van der Waals surface area contributed by atoms with Gasteiger partial charge in [0.15, 0.2) is 0 Å². The second-order valence-electron chi connectivity index (χ2n) is 4.24. The highest BCUT2D eigenvalue weighted by atomic mass is 16.1. The zero-order valence-corrected chi connectivity index (χ0v) is 10.2. The summed E-state index contributed by atoms with van der Waals surface area (Å²) in [5, 5.41) is 0. The van der Waals surface area contributed by atoms with Crippen LogP contribution in [0, 0.1) is 0 Å². The van der Waals surface area contributed by atoms with Crippen molar-refractivity contribution < 1.29 is 4.79 Å². The van der Waals surface area contributed by atoms with Crippen LogP contribution in [0.4, 0.5) is 5.69 Å². The van der Waals surface area contributed by atoms with E-state index in [0.29, 0.717) is 18.5 Å². The number of rotatable bonds is 8. The number of pyridine rings is 1. The van der Waals surface area contributed by atoms with Gasteiger partial charge in [0, 0.05) is 36.5 Å². The van der Waals surface area contributed by atoms with E-state index in [1.54, 1.807) is 18.5 Å². The fraction of sp³-hybridized carbons (Fsp3) is 0.538. The minimum atomic E-state index is 0.234. The molecule has 0 bridgehead atoms. The van der Waals surface area contributed by atoms with Gasteiger partial charge in [0.1, 0.15) is 5.78 Å². The quantitative estimate of drug-likeness (QED) is 0.672. The van der Waals surface area contributed by atoms with Crippen molar-refractivity contribution in [3.8, 4) is 0 Å². The van der Waals surface area contributed by atoms with E-state index in [9.17, 15) is 4.79 Å². The molecular formula is C13H21N3O. The average molecular weight is 235 g/mol. The number of aromatic nitrogens is 1. The molecule has 0 aliphatic carbocycles. The van der Waals surface area contributed by atoms with Crippen molar-refractivity contribution in [1.82, 2.24) is 4.98 Å². The molecule has 0 aliphatic heterocycles. The number of anilines is 1. The van der Waals surface area contributed by atoms with Crippen molar-refractivity contribution in [2.24, 2.45) is 5.73 Å². The van der Waals surface area contributed by atoms with Gasteiger partial charge in [0.05, 0.1) is 0 Å². The first kappa shape index (κ1) is 13.6. The Labute approximate surface area is 102 Å². The van der Waals surface area contributed by atoms with E-state index in [1.807, 2.05) is 0 Å². The minimum Gasteiger partial charge on any atom is -0.398 e. The highest BCUT2D eigenvalue weighted by molar-refractivity contribution is 5.82. The lowest BCUT2D eigenvalue weighted by molar-refractivity contribution is -0.118. The number of hydrogen-bond donors (Lipinski definition) is 2. The Morgan fingerprint density at radius 2 is 2.00 bits per heavy atom. The lowest BCUT2D eigenvalue weighted by atomic mass is 10.0. The van der Waals surface area contributed by atoms with Gasteiger partial charge in [0.25, 0.3) is 0 Å². The molecule has 94 valence electrons. The van der Waals surface area contributed by atoms with Gasteiger partial charge in [-0.05, 0) is 25.5 Å². The molecule has 0 fully saturated rings. The molecule has 1 aromatic heterocycles. The molecule has 4 heteroatoms. The third-order valence-corrected chi connectivity index (χ3v) is 2.74. The zero-order chi connectivity index (χ0) is 12.5. The van der Waals surface area contributed by atoms with E-state index in [1.165, 1.54) is 0 Å². The summed E-state index contributed by atoms with van der Waals surface area (Å²) in [6, 6.07) is 1.73. The number of carbonyl (C=O) groups excluding carboxylic acids is 1. The van der Waals surface area contributed by atoms with E-state index in [2.05, 4.69) is 4.98 Å². The predicted octanol–water partition coefficient (Wildman–Crippen LogP) is 1.68. The van der Waals surface area contributed by atoms with Gasteiger partial charge >= 0.3 is 0 Å². The monoisotopic (exact) mass is 235 g/mol. The lowest BCUT2D eigenvalue weighted by Gasteiger charge is -2.04. The largest absolute Gasteiger partial charge is 0.398 e. The normalized spacial score (nSPS) is 10.4. The lowest BCUT2D eigenvalue weighted by Crippen LogP contribution is -2.05. The Morgan fingerprint density at radius 1 is 1.24 bits per heavy atom. The SMILES string of the molecule is NCCCCCCC(=O)Cc1cnccc1N. The van der Waals surface area contributed by atoms with E-state index in [-0.39, 0.29) is 5.78 Å². The molecule has 4 N–H and O–H groups in total. The number of nitrogens with two attached hydrogens (primary N) is 2. The van der Waals surface area contributed by atoms with E-state index < -0.39 is 0 Å².